The molecule has 1 aromatic heterocycles. The predicted octanol–water partition coefficient (Wildman–Crippen LogP) is 4.07. The number of esters is 1. The number of hydrogen-bond donors (Lipinski definition) is 2. The van der Waals surface area contributed by atoms with Gasteiger partial charge in [0.2, 0.25) is 0 Å². The number of amides is 1. The van der Waals surface area contributed by atoms with Gasteiger partial charge in [-0.2, -0.15) is 0 Å². The zero-order valence-electron chi connectivity index (χ0n) is 13.7. The van der Waals surface area contributed by atoms with E-state index in [0.29, 0.717) is 6.42 Å². The van der Waals surface area contributed by atoms with E-state index in [0.717, 1.165) is 22.5 Å². The average Bonchev–Trinajstić information content (AvgIpc) is 3.04. The Bertz CT molecular complexity index is 955. The van der Waals surface area contributed by atoms with Crippen LogP contribution < -0.4 is 5.32 Å². The maximum absolute atomic E-state index is 13.6. The number of aromatic amines is 1. The molecule has 0 bridgehead atoms. The van der Waals surface area contributed by atoms with Crippen LogP contribution in [0.25, 0.3) is 10.9 Å². The Morgan fingerprint density at radius 3 is 2.85 bits per heavy atom. The molecule has 0 saturated heterocycles. The number of carbonyl (C=O) groups excluding carboxylic acids is 2. The average molecular weight is 375 g/mol. The van der Waals surface area contributed by atoms with Crippen LogP contribution in [0.15, 0.2) is 48.7 Å². The quantitative estimate of drug-likeness (QED) is 0.639. The summed E-state index contributed by atoms with van der Waals surface area (Å²) >= 11 is 5.75. The summed E-state index contributed by atoms with van der Waals surface area (Å²) in [4.78, 5) is 26.8. The van der Waals surface area contributed by atoms with Crippen molar-refractivity contribution in [3.63, 3.8) is 0 Å². The van der Waals surface area contributed by atoms with E-state index in [2.05, 4.69) is 10.3 Å². The van der Waals surface area contributed by atoms with E-state index < -0.39 is 24.3 Å². The Balaban J connectivity index is 1.48. The number of H-pyrrole nitrogens is 1. The molecule has 0 spiro atoms. The van der Waals surface area contributed by atoms with E-state index in [9.17, 15) is 14.0 Å². The first-order valence-electron chi connectivity index (χ1n) is 7.98. The molecule has 0 aliphatic rings. The maximum Gasteiger partial charge on any atom is 0.306 e. The van der Waals surface area contributed by atoms with E-state index in [4.69, 9.17) is 16.3 Å². The van der Waals surface area contributed by atoms with Crippen LogP contribution in [0.3, 0.4) is 0 Å². The van der Waals surface area contributed by atoms with Crippen molar-refractivity contribution in [2.24, 2.45) is 0 Å². The van der Waals surface area contributed by atoms with Crippen LogP contribution in [-0.2, 0) is 20.7 Å². The number of ether oxygens (including phenoxy) is 1. The fourth-order valence-corrected chi connectivity index (χ4v) is 2.75. The van der Waals surface area contributed by atoms with Crippen molar-refractivity contribution < 1.29 is 18.7 Å². The summed E-state index contributed by atoms with van der Waals surface area (Å²) in [6.45, 7) is -0.487. The molecule has 3 aromatic rings. The molecular formula is C19H16ClFN2O3. The minimum Gasteiger partial charge on any atom is -0.456 e. The van der Waals surface area contributed by atoms with E-state index in [1.54, 1.807) is 0 Å². The van der Waals surface area contributed by atoms with Crippen molar-refractivity contribution in [2.75, 3.05) is 11.9 Å². The van der Waals surface area contributed by atoms with Gasteiger partial charge in [0.15, 0.2) is 6.61 Å². The first-order valence-corrected chi connectivity index (χ1v) is 8.36. The number of aromatic nitrogens is 1. The second-order valence-electron chi connectivity index (χ2n) is 5.69. The Hall–Kier alpha value is -2.86. The Labute approximate surface area is 154 Å². The van der Waals surface area contributed by atoms with Gasteiger partial charge in [0, 0.05) is 28.5 Å². The summed E-state index contributed by atoms with van der Waals surface area (Å²) in [6.07, 6.45) is 2.49. The number of fused-ring (bicyclic) bond motifs is 1. The highest BCUT2D eigenvalue weighted by Crippen LogP contribution is 2.20. The lowest BCUT2D eigenvalue weighted by Gasteiger charge is -2.08. The molecule has 2 aromatic carbocycles. The van der Waals surface area contributed by atoms with Crippen molar-refractivity contribution in [1.82, 2.24) is 4.98 Å². The van der Waals surface area contributed by atoms with Gasteiger partial charge in [-0.25, -0.2) is 4.39 Å². The molecule has 0 radical (unpaired) electrons. The van der Waals surface area contributed by atoms with Crippen LogP contribution in [-0.4, -0.2) is 23.5 Å². The van der Waals surface area contributed by atoms with E-state index >= 15 is 0 Å². The van der Waals surface area contributed by atoms with Crippen molar-refractivity contribution in [3.05, 3.63) is 65.1 Å². The van der Waals surface area contributed by atoms with Crippen LogP contribution in [0.2, 0.25) is 5.02 Å². The lowest BCUT2D eigenvalue weighted by molar-refractivity contribution is -0.147. The van der Waals surface area contributed by atoms with Gasteiger partial charge in [0.1, 0.15) is 5.82 Å². The van der Waals surface area contributed by atoms with Gasteiger partial charge in [0.25, 0.3) is 5.91 Å². The lowest BCUT2D eigenvalue weighted by atomic mass is 10.1. The van der Waals surface area contributed by atoms with Gasteiger partial charge in [0.05, 0.1) is 5.69 Å². The second-order valence-corrected chi connectivity index (χ2v) is 6.13. The number of aryl methyl sites for hydroxylation is 1. The zero-order valence-corrected chi connectivity index (χ0v) is 14.5. The largest absolute Gasteiger partial charge is 0.456 e. The first-order chi connectivity index (χ1) is 12.5. The standard InChI is InChI=1S/C19H16ClFN2O3/c20-13-6-7-15(21)17(9-13)23-18(24)11-26-19(25)8-5-12-10-22-16-4-2-1-3-14(12)16/h1-4,6-7,9-10,22H,5,8,11H2,(H,23,24). The van der Waals surface area contributed by atoms with E-state index in [1.807, 2.05) is 30.5 Å². The number of rotatable bonds is 6. The molecule has 7 heteroatoms. The molecule has 0 aliphatic carbocycles. The molecule has 5 nitrogen and oxygen atoms in total. The molecule has 0 aliphatic heterocycles. The fraction of sp³-hybridized carbons (Fsp3) is 0.158. The molecule has 0 saturated carbocycles. The van der Waals surface area contributed by atoms with E-state index in [1.165, 1.54) is 12.1 Å². The van der Waals surface area contributed by atoms with Gasteiger partial charge < -0.3 is 15.0 Å². The number of nitrogens with one attached hydrogen (secondary N) is 2. The zero-order chi connectivity index (χ0) is 18.5. The van der Waals surface area contributed by atoms with Crippen molar-refractivity contribution in [1.29, 1.82) is 0 Å². The van der Waals surface area contributed by atoms with Crippen LogP contribution >= 0.6 is 11.6 Å². The predicted molar refractivity (Wildman–Crippen MR) is 97.6 cm³/mol. The van der Waals surface area contributed by atoms with Crippen molar-refractivity contribution in [2.45, 2.75) is 12.8 Å². The topological polar surface area (TPSA) is 71.2 Å². The Morgan fingerprint density at radius 1 is 1.19 bits per heavy atom. The highest BCUT2D eigenvalue weighted by molar-refractivity contribution is 6.30. The summed E-state index contributed by atoms with van der Waals surface area (Å²) in [7, 11) is 0. The molecule has 0 atom stereocenters. The highest BCUT2D eigenvalue weighted by Gasteiger charge is 2.12. The van der Waals surface area contributed by atoms with Crippen LogP contribution in [0, 0.1) is 5.82 Å². The van der Waals surface area contributed by atoms with Gasteiger partial charge in [-0.05, 0) is 36.2 Å². The number of benzene rings is 2. The van der Waals surface area contributed by atoms with Gasteiger partial charge in [-0.15, -0.1) is 0 Å². The maximum atomic E-state index is 13.6. The third-order valence-electron chi connectivity index (χ3n) is 3.84. The molecule has 3 rings (SSSR count). The minimum atomic E-state index is -0.633. The minimum absolute atomic E-state index is 0.0580. The van der Waals surface area contributed by atoms with Gasteiger partial charge >= 0.3 is 5.97 Å². The summed E-state index contributed by atoms with van der Waals surface area (Å²) in [5.41, 5.74) is 1.94. The molecular weight excluding hydrogens is 359 g/mol. The van der Waals surface area contributed by atoms with Crippen LogP contribution in [0.5, 0.6) is 0 Å². The normalized spacial score (nSPS) is 10.7. The third kappa shape index (κ3) is 4.40. The van der Waals surface area contributed by atoms with Crippen molar-refractivity contribution >= 4 is 40.1 Å². The number of carbonyl (C=O) groups is 2. The highest BCUT2D eigenvalue weighted by atomic mass is 35.5. The SMILES string of the molecule is O=C(COC(=O)CCc1c[nH]c2ccccc12)Nc1cc(Cl)ccc1F. The molecule has 0 fully saturated rings. The number of anilines is 1. The molecule has 0 unspecified atom stereocenters. The van der Waals surface area contributed by atoms with Crippen molar-refractivity contribution in [3.8, 4) is 0 Å². The number of halogens is 2. The molecule has 1 amide bonds. The smallest absolute Gasteiger partial charge is 0.306 e. The number of para-hydroxylation sites is 1. The molecule has 134 valence electrons. The first kappa shape index (κ1) is 17.9. The summed E-state index contributed by atoms with van der Waals surface area (Å²) < 4.78 is 18.5. The monoisotopic (exact) mass is 374 g/mol. The van der Waals surface area contributed by atoms with Gasteiger partial charge in [-0.1, -0.05) is 29.8 Å². The summed E-state index contributed by atoms with van der Waals surface area (Å²) in [6, 6.07) is 11.6. The summed E-state index contributed by atoms with van der Waals surface area (Å²) in [5.74, 6) is -1.75. The third-order valence-corrected chi connectivity index (χ3v) is 4.08. The molecule has 1 heterocycles. The van der Waals surface area contributed by atoms with Crippen LogP contribution in [0.4, 0.5) is 10.1 Å². The van der Waals surface area contributed by atoms with Crippen LogP contribution in [0.1, 0.15) is 12.0 Å². The fourth-order valence-electron chi connectivity index (χ4n) is 2.57. The summed E-state index contributed by atoms with van der Waals surface area (Å²) in [5, 5.41) is 3.66. The Morgan fingerprint density at radius 2 is 2.00 bits per heavy atom. The second kappa shape index (κ2) is 8.01. The molecule has 2 N–H and O–H groups in total. The molecule has 26 heavy (non-hydrogen) atoms. The lowest BCUT2D eigenvalue weighted by Crippen LogP contribution is -2.21. The number of hydrogen-bond acceptors (Lipinski definition) is 3. The Kier molecular flexibility index (Phi) is 5.53. The van der Waals surface area contributed by atoms with E-state index in [-0.39, 0.29) is 17.1 Å². The van der Waals surface area contributed by atoms with Gasteiger partial charge in [-0.3, -0.25) is 9.59 Å².